The Morgan fingerprint density at radius 2 is 1.82 bits per heavy atom. The Hall–Kier alpha value is -2.44. The van der Waals surface area contributed by atoms with E-state index in [1.54, 1.807) is 54.4 Å². The van der Waals surface area contributed by atoms with E-state index in [-0.39, 0.29) is 43.3 Å². The second-order valence-electron chi connectivity index (χ2n) is 7.21. The van der Waals surface area contributed by atoms with Crippen LogP contribution in [-0.4, -0.2) is 42.9 Å². The zero-order valence-electron chi connectivity index (χ0n) is 15.8. The van der Waals surface area contributed by atoms with Gasteiger partial charge in [0.05, 0.1) is 7.05 Å². The number of carbonyl (C=O) groups excluding carboxylic acids is 2. The highest BCUT2D eigenvalue weighted by atomic mass is 35.5. The number of quaternary nitrogens is 1. The zero-order valence-corrected chi connectivity index (χ0v) is 16.5. The number of anilines is 1. The molecule has 0 saturated heterocycles. The van der Waals surface area contributed by atoms with Crippen LogP contribution in [0.4, 0.5) is 10.1 Å². The summed E-state index contributed by atoms with van der Waals surface area (Å²) in [7, 11) is 1.80. The third kappa shape index (κ3) is 5.78. The van der Waals surface area contributed by atoms with Crippen molar-refractivity contribution in [2.24, 2.45) is 0 Å². The van der Waals surface area contributed by atoms with Crippen molar-refractivity contribution in [1.82, 2.24) is 4.90 Å². The Kier molecular flexibility index (Phi) is 6.65. The molecule has 1 atom stereocenters. The highest BCUT2D eigenvalue weighted by Gasteiger charge is 2.34. The molecule has 5 nitrogen and oxygen atoms in total. The fourth-order valence-electron chi connectivity index (χ4n) is 3.05. The van der Waals surface area contributed by atoms with E-state index in [1.165, 1.54) is 6.07 Å². The monoisotopic (exact) mass is 404 g/mol. The van der Waals surface area contributed by atoms with E-state index < -0.39 is 0 Å². The summed E-state index contributed by atoms with van der Waals surface area (Å²) in [4.78, 5) is 27.5. The molecule has 3 rings (SSSR count). The van der Waals surface area contributed by atoms with Crippen LogP contribution < -0.4 is 10.2 Å². The van der Waals surface area contributed by atoms with Gasteiger partial charge in [-0.2, -0.15) is 0 Å². The lowest BCUT2D eigenvalue weighted by atomic mass is 10.2. The summed E-state index contributed by atoms with van der Waals surface area (Å²) in [6, 6.07) is 13.5. The smallest absolute Gasteiger partial charge is 0.279 e. The van der Waals surface area contributed by atoms with Gasteiger partial charge in [-0.25, -0.2) is 4.39 Å². The quantitative estimate of drug-likeness (QED) is 0.708. The van der Waals surface area contributed by atoms with Gasteiger partial charge in [-0.05, 0) is 43.2 Å². The number of halogens is 2. The molecule has 0 heterocycles. The molecule has 1 unspecified atom stereocenters. The predicted octanol–water partition coefficient (Wildman–Crippen LogP) is 2.12. The van der Waals surface area contributed by atoms with E-state index in [4.69, 9.17) is 11.6 Å². The van der Waals surface area contributed by atoms with Gasteiger partial charge in [-0.15, -0.1) is 0 Å². The fourth-order valence-corrected chi connectivity index (χ4v) is 3.18. The average Bonchev–Trinajstić information content (AvgIpc) is 3.47. The van der Waals surface area contributed by atoms with E-state index in [2.05, 4.69) is 5.32 Å². The van der Waals surface area contributed by atoms with Gasteiger partial charge < -0.3 is 15.1 Å². The van der Waals surface area contributed by atoms with Crippen LogP contribution in [0.15, 0.2) is 48.5 Å². The van der Waals surface area contributed by atoms with Gasteiger partial charge in [0.25, 0.3) is 11.8 Å². The number of carbonyl (C=O) groups is 2. The maximum atomic E-state index is 14.0. The lowest BCUT2D eigenvalue weighted by Crippen LogP contribution is -3.11. The van der Waals surface area contributed by atoms with Crippen molar-refractivity contribution in [3.05, 3.63) is 64.9 Å². The van der Waals surface area contributed by atoms with Gasteiger partial charge in [0.1, 0.15) is 5.82 Å². The molecule has 1 aliphatic carbocycles. The summed E-state index contributed by atoms with van der Waals surface area (Å²) in [5, 5.41) is 3.39. The molecule has 0 bridgehead atoms. The van der Waals surface area contributed by atoms with Crippen LogP contribution in [0.1, 0.15) is 18.4 Å². The molecule has 28 heavy (non-hydrogen) atoms. The molecule has 148 valence electrons. The summed E-state index contributed by atoms with van der Waals surface area (Å²) in [6.07, 6.45) is 1.88. The number of hydrogen-bond donors (Lipinski definition) is 2. The Labute approximate surface area is 169 Å². The molecule has 0 aromatic heterocycles. The van der Waals surface area contributed by atoms with Gasteiger partial charge >= 0.3 is 0 Å². The normalized spacial score (nSPS) is 14.4. The van der Waals surface area contributed by atoms with Gasteiger partial charge in [0, 0.05) is 28.9 Å². The summed E-state index contributed by atoms with van der Waals surface area (Å²) >= 11 is 5.84. The summed E-state index contributed by atoms with van der Waals surface area (Å²) in [5.74, 6) is -0.550. The summed E-state index contributed by atoms with van der Waals surface area (Å²) < 4.78 is 14.0. The van der Waals surface area contributed by atoms with Crippen molar-refractivity contribution >= 4 is 29.1 Å². The van der Waals surface area contributed by atoms with Crippen LogP contribution in [0.25, 0.3) is 0 Å². The van der Waals surface area contributed by atoms with E-state index in [9.17, 15) is 14.0 Å². The van der Waals surface area contributed by atoms with Crippen LogP contribution in [0.3, 0.4) is 0 Å². The number of rotatable bonds is 8. The van der Waals surface area contributed by atoms with Crippen LogP contribution in [0.5, 0.6) is 0 Å². The van der Waals surface area contributed by atoms with Crippen LogP contribution in [0.2, 0.25) is 5.02 Å². The van der Waals surface area contributed by atoms with Gasteiger partial charge in [-0.3, -0.25) is 9.59 Å². The molecule has 2 amide bonds. The van der Waals surface area contributed by atoms with Gasteiger partial charge in [0.2, 0.25) is 0 Å². The third-order valence-corrected chi connectivity index (χ3v) is 4.90. The molecule has 0 radical (unpaired) electrons. The minimum atomic E-state index is -0.302. The molecular weight excluding hydrogens is 381 g/mol. The molecule has 1 fully saturated rings. The molecular formula is C21H24ClFN3O2+. The SMILES string of the molecule is C[NH+](CC(=O)Nc1ccc(Cl)cc1)CC(=O)N(Cc1ccccc1F)C1CC1. The van der Waals surface area contributed by atoms with Crippen molar-refractivity contribution in [1.29, 1.82) is 0 Å². The molecule has 0 aliphatic heterocycles. The molecule has 2 aromatic rings. The third-order valence-electron chi connectivity index (χ3n) is 4.65. The Bertz CT molecular complexity index is 840. The van der Waals surface area contributed by atoms with Crippen molar-refractivity contribution in [3.63, 3.8) is 0 Å². The molecule has 1 saturated carbocycles. The first-order valence-corrected chi connectivity index (χ1v) is 9.70. The lowest BCUT2D eigenvalue weighted by Gasteiger charge is -2.24. The van der Waals surface area contributed by atoms with Crippen molar-refractivity contribution in [3.8, 4) is 0 Å². The number of hydrogen-bond acceptors (Lipinski definition) is 2. The number of likely N-dealkylation sites (N-methyl/N-ethyl adjacent to an activating group) is 1. The van der Waals surface area contributed by atoms with Crippen molar-refractivity contribution < 1.29 is 18.9 Å². The van der Waals surface area contributed by atoms with Crippen LogP contribution >= 0.6 is 11.6 Å². The van der Waals surface area contributed by atoms with Crippen LogP contribution in [-0.2, 0) is 16.1 Å². The zero-order chi connectivity index (χ0) is 20.1. The van der Waals surface area contributed by atoms with Crippen LogP contribution in [0, 0.1) is 5.82 Å². The minimum Gasteiger partial charge on any atom is -0.330 e. The number of benzene rings is 2. The number of amides is 2. The molecule has 2 N–H and O–H groups in total. The Balaban J connectivity index is 1.53. The molecule has 0 spiro atoms. The highest BCUT2D eigenvalue weighted by molar-refractivity contribution is 6.30. The number of nitrogens with one attached hydrogen (secondary N) is 2. The van der Waals surface area contributed by atoms with Crippen molar-refractivity contribution in [2.45, 2.75) is 25.4 Å². The first-order chi connectivity index (χ1) is 13.4. The second kappa shape index (κ2) is 9.17. The van der Waals surface area contributed by atoms with E-state index in [1.807, 2.05) is 0 Å². The average molecular weight is 405 g/mol. The first kappa shape index (κ1) is 20.3. The van der Waals surface area contributed by atoms with Gasteiger partial charge in [-0.1, -0.05) is 29.8 Å². The highest BCUT2D eigenvalue weighted by Crippen LogP contribution is 2.28. The van der Waals surface area contributed by atoms with E-state index in [0.717, 1.165) is 17.7 Å². The summed E-state index contributed by atoms with van der Waals surface area (Å²) in [5.41, 5.74) is 1.17. The predicted molar refractivity (Wildman–Crippen MR) is 107 cm³/mol. The fraction of sp³-hybridized carbons (Fsp3) is 0.333. The second-order valence-corrected chi connectivity index (χ2v) is 7.65. The van der Waals surface area contributed by atoms with Gasteiger partial charge in [0.15, 0.2) is 13.1 Å². The lowest BCUT2D eigenvalue weighted by molar-refractivity contribution is -0.862. The maximum absolute atomic E-state index is 14.0. The first-order valence-electron chi connectivity index (χ1n) is 9.32. The largest absolute Gasteiger partial charge is 0.330 e. The molecule has 7 heteroatoms. The topological polar surface area (TPSA) is 53.9 Å². The molecule has 1 aliphatic rings. The molecule has 2 aromatic carbocycles. The standard InChI is InChI=1S/C21H23ClFN3O2/c1-25(13-20(27)24-17-8-6-16(22)7-9-17)14-21(28)26(18-10-11-18)12-15-4-2-3-5-19(15)23/h2-9,18H,10-14H2,1H3,(H,24,27)/p+1. The summed E-state index contributed by atoms with van der Waals surface area (Å²) in [6.45, 7) is 0.603. The minimum absolute atomic E-state index is 0.0671. The Morgan fingerprint density at radius 1 is 1.14 bits per heavy atom. The van der Waals surface area contributed by atoms with Crippen molar-refractivity contribution in [2.75, 3.05) is 25.5 Å². The van der Waals surface area contributed by atoms with E-state index >= 15 is 0 Å². The van der Waals surface area contributed by atoms with E-state index in [0.29, 0.717) is 16.3 Å². The Morgan fingerprint density at radius 3 is 2.46 bits per heavy atom. The number of nitrogens with zero attached hydrogens (tertiary/aromatic N) is 1. The maximum Gasteiger partial charge on any atom is 0.279 e.